The minimum atomic E-state index is -3.29. The van der Waals surface area contributed by atoms with Crippen LogP contribution in [0.2, 0.25) is 0 Å². The molecule has 2 rings (SSSR count). The lowest BCUT2D eigenvalue weighted by Crippen LogP contribution is -2.20. The quantitative estimate of drug-likeness (QED) is 0.868. The minimum Gasteiger partial charge on any atom is -0.321 e. The molecule has 1 amide bonds. The molecule has 1 N–H and O–H groups in total. The van der Waals surface area contributed by atoms with Gasteiger partial charge in [-0.3, -0.25) is 9.59 Å². The van der Waals surface area contributed by atoms with Crippen LogP contribution in [-0.2, 0) is 16.4 Å². The van der Waals surface area contributed by atoms with E-state index in [0.717, 1.165) is 6.42 Å². The van der Waals surface area contributed by atoms with Gasteiger partial charge in [-0.25, -0.2) is 8.42 Å². The van der Waals surface area contributed by atoms with E-state index in [1.54, 1.807) is 19.2 Å². The fourth-order valence-electron chi connectivity index (χ4n) is 2.20. The lowest BCUT2D eigenvalue weighted by atomic mass is 10.2. The standard InChI is InChI=1S/C17H20N2O4S/c1-3-11-19-12-14(7-10-16(19)20)18-17(21)13-5-8-15(9-6-13)24(22,23)4-2/h5-10,12H,3-4,11H2,1-2H3,(H,18,21). The number of aromatic nitrogens is 1. The molecule has 7 heteroatoms. The summed E-state index contributed by atoms with van der Waals surface area (Å²) in [6.07, 6.45) is 2.41. The van der Waals surface area contributed by atoms with Crippen LogP contribution in [0.3, 0.4) is 0 Å². The van der Waals surface area contributed by atoms with E-state index in [2.05, 4.69) is 5.32 Å². The van der Waals surface area contributed by atoms with Gasteiger partial charge in [0.05, 0.1) is 16.3 Å². The zero-order valence-electron chi connectivity index (χ0n) is 13.7. The molecule has 0 unspecified atom stereocenters. The van der Waals surface area contributed by atoms with Crippen LogP contribution in [0.25, 0.3) is 0 Å². The largest absolute Gasteiger partial charge is 0.321 e. The Morgan fingerprint density at radius 3 is 2.33 bits per heavy atom. The van der Waals surface area contributed by atoms with Crippen molar-refractivity contribution >= 4 is 21.4 Å². The second kappa shape index (κ2) is 7.44. The molecule has 0 fully saturated rings. The number of nitrogens with one attached hydrogen (secondary N) is 1. The normalized spacial score (nSPS) is 11.2. The Labute approximate surface area is 141 Å². The van der Waals surface area contributed by atoms with Crippen LogP contribution in [0, 0.1) is 0 Å². The topological polar surface area (TPSA) is 85.2 Å². The van der Waals surface area contributed by atoms with Gasteiger partial charge in [-0.2, -0.15) is 0 Å². The molecule has 1 aromatic carbocycles. The number of sulfone groups is 1. The SMILES string of the molecule is CCCn1cc(NC(=O)c2ccc(S(=O)(=O)CC)cc2)ccc1=O. The lowest BCUT2D eigenvalue weighted by molar-refractivity contribution is 0.102. The second-order valence-electron chi connectivity index (χ2n) is 5.33. The molecular weight excluding hydrogens is 328 g/mol. The number of carbonyl (C=O) groups excluding carboxylic acids is 1. The number of carbonyl (C=O) groups is 1. The van der Waals surface area contributed by atoms with E-state index < -0.39 is 9.84 Å². The molecule has 0 radical (unpaired) electrons. The summed E-state index contributed by atoms with van der Waals surface area (Å²) < 4.78 is 25.1. The number of benzene rings is 1. The third-order valence-corrected chi connectivity index (χ3v) is 5.31. The number of hydrogen-bond donors (Lipinski definition) is 1. The van der Waals surface area contributed by atoms with Gasteiger partial charge in [0, 0.05) is 24.4 Å². The summed E-state index contributed by atoms with van der Waals surface area (Å²) in [4.78, 5) is 24.1. The number of rotatable bonds is 6. The molecule has 0 saturated carbocycles. The summed E-state index contributed by atoms with van der Waals surface area (Å²) in [7, 11) is -3.29. The summed E-state index contributed by atoms with van der Waals surface area (Å²) in [6.45, 7) is 4.11. The van der Waals surface area contributed by atoms with Crippen molar-refractivity contribution in [2.24, 2.45) is 0 Å². The molecule has 0 atom stereocenters. The Morgan fingerprint density at radius 2 is 1.75 bits per heavy atom. The maximum atomic E-state index is 12.3. The third kappa shape index (κ3) is 4.11. The van der Waals surface area contributed by atoms with Crippen molar-refractivity contribution in [3.8, 4) is 0 Å². The first kappa shape index (κ1) is 17.9. The van der Waals surface area contributed by atoms with Gasteiger partial charge in [0.25, 0.3) is 11.5 Å². The van der Waals surface area contributed by atoms with Crippen LogP contribution >= 0.6 is 0 Å². The van der Waals surface area contributed by atoms with E-state index >= 15 is 0 Å². The molecule has 0 saturated heterocycles. The summed E-state index contributed by atoms with van der Waals surface area (Å²) >= 11 is 0. The molecule has 1 heterocycles. The molecule has 0 spiro atoms. The molecule has 2 aromatic rings. The Morgan fingerprint density at radius 1 is 1.08 bits per heavy atom. The zero-order chi connectivity index (χ0) is 17.7. The average molecular weight is 348 g/mol. The molecule has 128 valence electrons. The number of pyridine rings is 1. The predicted octanol–water partition coefficient (Wildman–Crippen LogP) is 2.30. The number of hydrogen-bond acceptors (Lipinski definition) is 4. The fraction of sp³-hybridized carbons (Fsp3) is 0.294. The highest BCUT2D eigenvalue weighted by Gasteiger charge is 2.13. The van der Waals surface area contributed by atoms with Crippen LogP contribution in [0.4, 0.5) is 5.69 Å². The first-order valence-corrected chi connectivity index (χ1v) is 9.37. The van der Waals surface area contributed by atoms with Gasteiger partial charge in [0.1, 0.15) is 0 Å². The summed E-state index contributed by atoms with van der Waals surface area (Å²) in [5, 5.41) is 2.71. The van der Waals surface area contributed by atoms with Crippen LogP contribution in [0.1, 0.15) is 30.6 Å². The highest BCUT2D eigenvalue weighted by molar-refractivity contribution is 7.91. The van der Waals surface area contributed by atoms with E-state index in [4.69, 9.17) is 0 Å². The van der Waals surface area contributed by atoms with Crippen molar-refractivity contribution in [2.45, 2.75) is 31.7 Å². The van der Waals surface area contributed by atoms with Gasteiger partial charge < -0.3 is 9.88 Å². The van der Waals surface area contributed by atoms with Crippen molar-refractivity contribution < 1.29 is 13.2 Å². The van der Waals surface area contributed by atoms with Crippen LogP contribution in [-0.4, -0.2) is 24.6 Å². The average Bonchev–Trinajstić information content (AvgIpc) is 2.58. The predicted molar refractivity (Wildman–Crippen MR) is 93.1 cm³/mol. The molecule has 0 aliphatic carbocycles. The number of amides is 1. The van der Waals surface area contributed by atoms with E-state index in [0.29, 0.717) is 17.8 Å². The van der Waals surface area contributed by atoms with Crippen molar-refractivity contribution in [1.29, 1.82) is 0 Å². The van der Waals surface area contributed by atoms with Gasteiger partial charge >= 0.3 is 0 Å². The summed E-state index contributed by atoms with van der Waals surface area (Å²) in [5.41, 5.74) is 0.737. The summed E-state index contributed by atoms with van der Waals surface area (Å²) in [5.74, 6) is -0.352. The number of anilines is 1. The zero-order valence-corrected chi connectivity index (χ0v) is 14.5. The van der Waals surface area contributed by atoms with Crippen molar-refractivity contribution in [1.82, 2.24) is 4.57 Å². The van der Waals surface area contributed by atoms with Gasteiger partial charge in [0.2, 0.25) is 0 Å². The van der Waals surface area contributed by atoms with E-state index in [1.165, 1.54) is 34.9 Å². The molecule has 0 aliphatic rings. The monoisotopic (exact) mass is 348 g/mol. The van der Waals surface area contributed by atoms with Crippen LogP contribution in [0.5, 0.6) is 0 Å². The molecule has 6 nitrogen and oxygen atoms in total. The maximum absolute atomic E-state index is 12.3. The molecule has 1 aromatic heterocycles. The first-order chi connectivity index (χ1) is 11.4. The number of nitrogens with zero attached hydrogens (tertiary/aromatic N) is 1. The Hall–Kier alpha value is -2.41. The maximum Gasteiger partial charge on any atom is 0.255 e. The van der Waals surface area contributed by atoms with E-state index in [1.807, 2.05) is 6.92 Å². The van der Waals surface area contributed by atoms with Crippen molar-refractivity contribution in [3.63, 3.8) is 0 Å². The van der Waals surface area contributed by atoms with Gasteiger partial charge in [-0.05, 0) is 36.8 Å². The second-order valence-corrected chi connectivity index (χ2v) is 7.61. The van der Waals surface area contributed by atoms with E-state index in [-0.39, 0.29) is 22.1 Å². The molecule has 0 aliphatic heterocycles. The molecule has 24 heavy (non-hydrogen) atoms. The van der Waals surface area contributed by atoms with Crippen LogP contribution in [0.15, 0.2) is 52.3 Å². The minimum absolute atomic E-state index is 0.0114. The molecular formula is C17H20N2O4S. The van der Waals surface area contributed by atoms with Gasteiger partial charge in [-0.1, -0.05) is 13.8 Å². The summed E-state index contributed by atoms with van der Waals surface area (Å²) in [6, 6.07) is 8.74. The lowest BCUT2D eigenvalue weighted by Gasteiger charge is -2.09. The Balaban J connectivity index is 2.18. The smallest absolute Gasteiger partial charge is 0.255 e. The highest BCUT2D eigenvalue weighted by Crippen LogP contribution is 2.14. The van der Waals surface area contributed by atoms with Gasteiger partial charge in [-0.15, -0.1) is 0 Å². The van der Waals surface area contributed by atoms with E-state index in [9.17, 15) is 18.0 Å². The Bertz CT molecular complexity index is 884. The van der Waals surface area contributed by atoms with Gasteiger partial charge in [0.15, 0.2) is 9.84 Å². The highest BCUT2D eigenvalue weighted by atomic mass is 32.2. The van der Waals surface area contributed by atoms with Crippen LogP contribution < -0.4 is 10.9 Å². The first-order valence-electron chi connectivity index (χ1n) is 7.72. The van der Waals surface area contributed by atoms with Crippen molar-refractivity contribution in [3.05, 3.63) is 58.5 Å². The molecule has 0 bridgehead atoms. The number of aryl methyl sites for hydroxylation is 1. The van der Waals surface area contributed by atoms with Crippen molar-refractivity contribution in [2.75, 3.05) is 11.1 Å². The Kier molecular flexibility index (Phi) is 5.56. The fourth-order valence-corrected chi connectivity index (χ4v) is 3.09. The third-order valence-electron chi connectivity index (χ3n) is 3.56.